The molecule has 0 aromatic heterocycles. The second-order valence-corrected chi connectivity index (χ2v) is 6.44. The summed E-state index contributed by atoms with van der Waals surface area (Å²) in [6, 6.07) is 12.6. The van der Waals surface area contributed by atoms with E-state index >= 15 is 0 Å². The number of benzene rings is 2. The maximum atomic E-state index is 11.9. The molecule has 0 aliphatic heterocycles. The van der Waals surface area contributed by atoms with Crippen LogP contribution in [-0.2, 0) is 16.0 Å². The van der Waals surface area contributed by atoms with E-state index in [1.165, 1.54) is 17.7 Å². The van der Waals surface area contributed by atoms with E-state index in [2.05, 4.69) is 5.32 Å². The summed E-state index contributed by atoms with van der Waals surface area (Å²) < 4.78 is 5.09. The molecule has 6 heteroatoms. The van der Waals surface area contributed by atoms with Gasteiger partial charge < -0.3 is 10.1 Å². The first-order valence-electron chi connectivity index (χ1n) is 7.90. The molecule has 4 nitrogen and oxygen atoms in total. The average molecular weight is 380 g/mol. The molecule has 0 radical (unpaired) electrons. The van der Waals surface area contributed by atoms with Gasteiger partial charge in [0.1, 0.15) is 6.61 Å². The number of carbonyl (C=O) groups excluding carboxylic acids is 2. The Hall–Kier alpha value is -2.04. The molecule has 0 saturated heterocycles. The van der Waals surface area contributed by atoms with Crippen LogP contribution in [0.15, 0.2) is 42.5 Å². The van der Waals surface area contributed by atoms with Gasteiger partial charge in [0, 0.05) is 11.4 Å². The largest absolute Gasteiger partial charge is 0.460 e. The maximum Gasteiger partial charge on any atom is 0.339 e. The van der Waals surface area contributed by atoms with Gasteiger partial charge in [0.25, 0.3) is 0 Å². The average Bonchev–Trinajstić information content (AvgIpc) is 2.60. The number of rotatable bonds is 7. The molecule has 132 valence electrons. The van der Waals surface area contributed by atoms with Crippen LogP contribution in [0.2, 0.25) is 10.0 Å². The molecular weight excluding hydrogens is 361 g/mol. The fourth-order valence-corrected chi connectivity index (χ4v) is 2.53. The van der Waals surface area contributed by atoms with Crippen molar-refractivity contribution in [3.8, 4) is 0 Å². The fourth-order valence-electron chi connectivity index (χ4n) is 2.17. The van der Waals surface area contributed by atoms with Gasteiger partial charge in [0.2, 0.25) is 5.91 Å². The van der Waals surface area contributed by atoms with Gasteiger partial charge in [-0.15, -0.1) is 0 Å². The predicted octanol–water partition coefficient (Wildman–Crippen LogP) is 4.21. The van der Waals surface area contributed by atoms with Crippen LogP contribution >= 0.6 is 23.2 Å². The van der Waals surface area contributed by atoms with Crippen LogP contribution in [0.4, 0.5) is 0 Å². The van der Waals surface area contributed by atoms with Crippen LogP contribution in [0, 0.1) is 6.92 Å². The first kappa shape index (κ1) is 19.3. The summed E-state index contributed by atoms with van der Waals surface area (Å²) in [4.78, 5) is 23.7. The van der Waals surface area contributed by atoms with Crippen molar-refractivity contribution in [3.63, 3.8) is 0 Å². The lowest BCUT2D eigenvalue weighted by molar-refractivity contribution is -0.121. The van der Waals surface area contributed by atoms with E-state index in [1.807, 2.05) is 31.2 Å². The van der Waals surface area contributed by atoms with E-state index in [0.717, 1.165) is 5.56 Å². The zero-order chi connectivity index (χ0) is 18.2. The summed E-state index contributed by atoms with van der Waals surface area (Å²) in [5.74, 6) is -0.654. The van der Waals surface area contributed by atoms with E-state index < -0.39 is 5.97 Å². The molecule has 2 aromatic rings. The second kappa shape index (κ2) is 9.44. The van der Waals surface area contributed by atoms with Crippen LogP contribution < -0.4 is 5.32 Å². The Balaban J connectivity index is 1.68. The molecule has 0 bridgehead atoms. The van der Waals surface area contributed by atoms with Crippen molar-refractivity contribution in [1.29, 1.82) is 0 Å². The highest BCUT2D eigenvalue weighted by Crippen LogP contribution is 2.21. The highest BCUT2D eigenvalue weighted by Gasteiger charge is 2.12. The monoisotopic (exact) mass is 379 g/mol. The van der Waals surface area contributed by atoms with Gasteiger partial charge in [-0.3, -0.25) is 4.79 Å². The summed E-state index contributed by atoms with van der Waals surface area (Å²) in [7, 11) is 0. The molecule has 1 N–H and O–H groups in total. The molecule has 0 spiro atoms. The third-order valence-electron chi connectivity index (χ3n) is 3.57. The summed E-state index contributed by atoms with van der Waals surface area (Å²) in [5.41, 5.74) is 2.51. The Labute approximate surface area is 157 Å². The number of nitrogens with one attached hydrogen (secondary N) is 1. The minimum atomic E-state index is -0.568. The number of aryl methyl sites for hydroxylation is 2. The van der Waals surface area contributed by atoms with E-state index in [0.29, 0.717) is 17.9 Å². The van der Waals surface area contributed by atoms with Crippen molar-refractivity contribution in [2.75, 3.05) is 13.2 Å². The number of halogens is 2. The first-order valence-corrected chi connectivity index (χ1v) is 8.66. The quantitative estimate of drug-likeness (QED) is 0.578. The van der Waals surface area contributed by atoms with Crippen LogP contribution in [-0.4, -0.2) is 25.0 Å². The van der Waals surface area contributed by atoms with E-state index in [1.54, 1.807) is 6.07 Å². The zero-order valence-corrected chi connectivity index (χ0v) is 15.4. The number of carbonyl (C=O) groups is 2. The molecular formula is C19H19Cl2NO3. The van der Waals surface area contributed by atoms with Crippen molar-refractivity contribution >= 4 is 35.1 Å². The molecule has 0 atom stereocenters. The zero-order valence-electron chi connectivity index (χ0n) is 13.9. The second-order valence-electron chi connectivity index (χ2n) is 5.60. The van der Waals surface area contributed by atoms with Crippen molar-refractivity contribution in [2.45, 2.75) is 19.8 Å². The minimum absolute atomic E-state index is 0.0674. The van der Waals surface area contributed by atoms with Gasteiger partial charge in [0.05, 0.1) is 17.1 Å². The van der Waals surface area contributed by atoms with Crippen LogP contribution in [0.1, 0.15) is 27.9 Å². The molecule has 2 rings (SSSR count). The molecule has 0 aliphatic rings. The number of hydrogen-bond donors (Lipinski definition) is 1. The summed E-state index contributed by atoms with van der Waals surface area (Å²) in [6.07, 6.45) is 1.06. The molecule has 0 heterocycles. The van der Waals surface area contributed by atoms with Gasteiger partial charge >= 0.3 is 5.97 Å². The Kier molecular flexibility index (Phi) is 7.29. The van der Waals surface area contributed by atoms with E-state index in [9.17, 15) is 9.59 Å². The van der Waals surface area contributed by atoms with Gasteiger partial charge in [-0.05, 0) is 37.1 Å². The van der Waals surface area contributed by atoms with Gasteiger partial charge in [-0.1, -0.05) is 53.0 Å². The Bertz CT molecular complexity index is 745. The lowest BCUT2D eigenvalue weighted by Gasteiger charge is -2.08. The Morgan fingerprint density at radius 3 is 2.52 bits per heavy atom. The van der Waals surface area contributed by atoms with Crippen LogP contribution in [0.25, 0.3) is 0 Å². The third-order valence-corrected chi connectivity index (χ3v) is 4.13. The molecule has 0 fully saturated rings. The number of amides is 1. The smallest absolute Gasteiger partial charge is 0.339 e. The number of esters is 1. The third kappa shape index (κ3) is 6.40. The molecule has 1 amide bonds. The molecule has 0 aliphatic carbocycles. The van der Waals surface area contributed by atoms with Crippen LogP contribution in [0.5, 0.6) is 0 Å². The summed E-state index contributed by atoms with van der Waals surface area (Å²) >= 11 is 11.8. The molecule has 0 unspecified atom stereocenters. The Morgan fingerprint density at radius 2 is 1.80 bits per heavy atom. The maximum absolute atomic E-state index is 11.9. The highest BCUT2D eigenvalue weighted by molar-refractivity contribution is 6.35. The normalized spacial score (nSPS) is 10.4. The first-order chi connectivity index (χ1) is 12.0. The van der Waals surface area contributed by atoms with Gasteiger partial charge in [-0.25, -0.2) is 4.79 Å². The Morgan fingerprint density at radius 1 is 1.08 bits per heavy atom. The SMILES string of the molecule is Cc1ccc(CCC(=O)NCCOC(=O)c2cc(Cl)ccc2Cl)cc1. The van der Waals surface area contributed by atoms with Gasteiger partial charge in [-0.2, -0.15) is 0 Å². The van der Waals surface area contributed by atoms with Crippen LogP contribution in [0.3, 0.4) is 0 Å². The summed E-state index contributed by atoms with van der Waals surface area (Å²) in [5, 5.41) is 3.40. The lowest BCUT2D eigenvalue weighted by Crippen LogP contribution is -2.28. The number of ether oxygens (including phenoxy) is 1. The van der Waals surface area contributed by atoms with Gasteiger partial charge in [0.15, 0.2) is 0 Å². The molecule has 0 saturated carbocycles. The minimum Gasteiger partial charge on any atom is -0.460 e. The number of hydrogen-bond acceptors (Lipinski definition) is 3. The van der Waals surface area contributed by atoms with Crippen molar-refractivity contribution in [1.82, 2.24) is 5.32 Å². The van der Waals surface area contributed by atoms with E-state index in [-0.39, 0.29) is 29.6 Å². The van der Waals surface area contributed by atoms with E-state index in [4.69, 9.17) is 27.9 Å². The molecule has 25 heavy (non-hydrogen) atoms. The highest BCUT2D eigenvalue weighted by atomic mass is 35.5. The summed E-state index contributed by atoms with van der Waals surface area (Å²) in [6.45, 7) is 2.34. The molecule has 2 aromatic carbocycles. The fraction of sp³-hybridized carbons (Fsp3) is 0.263. The van der Waals surface area contributed by atoms with Crippen molar-refractivity contribution in [2.24, 2.45) is 0 Å². The van der Waals surface area contributed by atoms with Crippen molar-refractivity contribution in [3.05, 3.63) is 69.2 Å². The predicted molar refractivity (Wildman–Crippen MR) is 99.3 cm³/mol. The topological polar surface area (TPSA) is 55.4 Å². The lowest BCUT2D eigenvalue weighted by atomic mass is 10.1. The standard InChI is InChI=1S/C19H19Cl2NO3/c1-13-2-4-14(5-3-13)6-9-18(23)22-10-11-25-19(24)16-12-15(20)7-8-17(16)21/h2-5,7-8,12H,6,9-11H2,1H3,(H,22,23). The van der Waals surface area contributed by atoms with Crippen molar-refractivity contribution < 1.29 is 14.3 Å².